The largest absolute Gasteiger partial charge is 0.312 e. The molecular weight excluding hydrogens is 398 g/mol. The van der Waals surface area contributed by atoms with Crippen LogP contribution in [0.5, 0.6) is 0 Å². The summed E-state index contributed by atoms with van der Waals surface area (Å²) < 4.78 is 0. The molecule has 9 nitrogen and oxygen atoms in total. The van der Waals surface area contributed by atoms with E-state index in [1.54, 1.807) is 29.2 Å². The van der Waals surface area contributed by atoms with Crippen LogP contribution < -0.4 is 21.3 Å². The van der Waals surface area contributed by atoms with E-state index in [-0.39, 0.29) is 24.6 Å². The molecule has 2 aromatic carbocycles. The fourth-order valence-electron chi connectivity index (χ4n) is 3.64. The zero-order valence-corrected chi connectivity index (χ0v) is 16.8. The average Bonchev–Trinajstić information content (AvgIpc) is 3.19. The maximum Gasteiger partial charge on any atom is 0.290 e. The Morgan fingerprint density at radius 2 is 1.87 bits per heavy atom. The van der Waals surface area contributed by atoms with Gasteiger partial charge in [-0.25, -0.2) is 5.10 Å². The monoisotopic (exact) mass is 419 g/mol. The average molecular weight is 419 g/mol. The lowest BCUT2D eigenvalue weighted by molar-refractivity contribution is -0.126. The van der Waals surface area contributed by atoms with Crippen molar-refractivity contribution in [3.8, 4) is 0 Å². The number of benzene rings is 2. The Balaban J connectivity index is 1.43. The molecule has 0 bridgehead atoms. The molecule has 1 fully saturated rings. The Morgan fingerprint density at radius 1 is 1.10 bits per heavy atom. The van der Waals surface area contributed by atoms with Crippen molar-refractivity contribution in [1.29, 1.82) is 0 Å². The molecule has 1 aliphatic heterocycles. The molecule has 31 heavy (non-hydrogen) atoms. The van der Waals surface area contributed by atoms with Gasteiger partial charge in [0, 0.05) is 24.0 Å². The summed E-state index contributed by atoms with van der Waals surface area (Å²) in [6, 6.07) is 14.2. The summed E-state index contributed by atoms with van der Waals surface area (Å²) in [6.45, 7) is 2.26. The Hall–Kier alpha value is -4.01. The first-order valence-electron chi connectivity index (χ1n) is 9.95. The minimum atomic E-state index is -0.669. The highest BCUT2D eigenvalue weighted by atomic mass is 16.2. The molecular formula is C22H21N5O4. The number of amides is 3. The smallest absolute Gasteiger partial charge is 0.290 e. The predicted octanol–water partition coefficient (Wildman–Crippen LogP) is 1.30. The fraction of sp³-hybridized carbons (Fsp3) is 0.227. The lowest BCUT2D eigenvalue weighted by atomic mass is 10.1. The first-order chi connectivity index (χ1) is 15.0. The van der Waals surface area contributed by atoms with Gasteiger partial charge in [-0.1, -0.05) is 37.3 Å². The van der Waals surface area contributed by atoms with E-state index in [0.717, 1.165) is 17.7 Å². The van der Waals surface area contributed by atoms with Crippen molar-refractivity contribution in [1.82, 2.24) is 21.0 Å². The molecule has 158 valence electrons. The van der Waals surface area contributed by atoms with Gasteiger partial charge in [-0.05, 0) is 30.2 Å². The Morgan fingerprint density at radius 3 is 2.65 bits per heavy atom. The van der Waals surface area contributed by atoms with E-state index in [2.05, 4.69) is 21.0 Å². The first-order valence-corrected chi connectivity index (χ1v) is 9.95. The van der Waals surface area contributed by atoms with Crippen LogP contribution in [0, 0.1) is 5.92 Å². The van der Waals surface area contributed by atoms with E-state index in [9.17, 15) is 19.2 Å². The lowest BCUT2D eigenvalue weighted by Gasteiger charge is -2.17. The molecule has 1 aromatic heterocycles. The summed E-state index contributed by atoms with van der Waals surface area (Å²) in [6.07, 6.45) is 0.900. The zero-order chi connectivity index (χ0) is 22.0. The number of nitrogens with zero attached hydrogens (tertiary/aromatic N) is 2. The maximum absolute atomic E-state index is 12.6. The molecule has 2 heterocycles. The Bertz CT molecular complexity index is 1240. The summed E-state index contributed by atoms with van der Waals surface area (Å²) in [5.41, 5.74) is 6.12. The number of hydrogen-bond acceptors (Lipinski definition) is 5. The van der Waals surface area contributed by atoms with Crippen LogP contribution in [-0.2, 0) is 16.0 Å². The molecule has 1 atom stereocenters. The first kappa shape index (κ1) is 20.3. The van der Waals surface area contributed by atoms with Gasteiger partial charge in [0.25, 0.3) is 11.5 Å². The molecule has 0 radical (unpaired) electrons. The number of fused-ring (bicyclic) bond motifs is 1. The second-order valence-electron chi connectivity index (χ2n) is 7.32. The van der Waals surface area contributed by atoms with Crippen molar-refractivity contribution in [2.75, 3.05) is 11.4 Å². The van der Waals surface area contributed by atoms with Gasteiger partial charge in [-0.15, -0.1) is 0 Å². The molecule has 0 aliphatic carbocycles. The van der Waals surface area contributed by atoms with E-state index in [1.165, 1.54) is 0 Å². The number of aromatic amines is 1. The molecule has 4 rings (SSSR count). The summed E-state index contributed by atoms with van der Waals surface area (Å²) in [5.74, 6) is -1.88. The normalized spacial score (nSPS) is 15.8. The van der Waals surface area contributed by atoms with Crippen LogP contribution in [0.15, 0.2) is 53.3 Å². The zero-order valence-electron chi connectivity index (χ0n) is 16.8. The number of carbonyl (C=O) groups is 3. The number of aromatic nitrogens is 2. The second kappa shape index (κ2) is 8.39. The van der Waals surface area contributed by atoms with Crippen molar-refractivity contribution in [2.24, 2.45) is 5.92 Å². The van der Waals surface area contributed by atoms with E-state index >= 15 is 0 Å². The molecule has 3 aromatic rings. The number of anilines is 1. The summed E-state index contributed by atoms with van der Waals surface area (Å²) in [7, 11) is 0. The van der Waals surface area contributed by atoms with Crippen LogP contribution >= 0.6 is 0 Å². The molecule has 3 amide bonds. The SMILES string of the molecule is CCc1cccc(N2C[C@@H](C(=O)NNC(=O)c3n[nH]c(=O)c4ccccc34)CC2=O)c1. The van der Waals surface area contributed by atoms with Crippen molar-refractivity contribution in [3.05, 3.63) is 70.1 Å². The predicted molar refractivity (Wildman–Crippen MR) is 114 cm³/mol. The summed E-state index contributed by atoms with van der Waals surface area (Å²) in [4.78, 5) is 51.0. The quantitative estimate of drug-likeness (QED) is 0.550. The van der Waals surface area contributed by atoms with E-state index in [1.807, 2.05) is 31.2 Å². The highest BCUT2D eigenvalue weighted by Gasteiger charge is 2.35. The molecule has 0 unspecified atom stereocenters. The van der Waals surface area contributed by atoms with Gasteiger partial charge < -0.3 is 4.90 Å². The number of aryl methyl sites for hydroxylation is 1. The van der Waals surface area contributed by atoms with E-state index in [0.29, 0.717) is 10.8 Å². The Labute approximate surface area is 177 Å². The third kappa shape index (κ3) is 4.02. The molecule has 1 aliphatic rings. The van der Waals surface area contributed by atoms with Gasteiger partial charge in [0.2, 0.25) is 11.8 Å². The van der Waals surface area contributed by atoms with Gasteiger partial charge in [-0.2, -0.15) is 5.10 Å². The van der Waals surface area contributed by atoms with Crippen LogP contribution in [0.4, 0.5) is 5.69 Å². The molecule has 1 saturated heterocycles. The standard InChI is InChI=1S/C22H21N5O4/c1-2-13-6-5-7-15(10-13)27-12-14(11-18(27)28)20(29)24-26-22(31)19-16-8-3-4-9-17(16)21(30)25-23-19/h3-10,14H,2,11-12H2,1H3,(H,24,29)(H,25,30)(H,26,31)/t14-/m0/s1. The third-order valence-corrected chi connectivity index (χ3v) is 5.34. The maximum atomic E-state index is 12.6. The van der Waals surface area contributed by atoms with Gasteiger partial charge in [-0.3, -0.25) is 30.0 Å². The Kier molecular flexibility index (Phi) is 5.48. The minimum Gasteiger partial charge on any atom is -0.312 e. The van der Waals surface area contributed by atoms with Crippen LogP contribution in [-0.4, -0.2) is 34.5 Å². The van der Waals surface area contributed by atoms with Crippen LogP contribution in [0.1, 0.15) is 29.4 Å². The van der Waals surface area contributed by atoms with Gasteiger partial charge >= 0.3 is 0 Å². The number of carbonyl (C=O) groups excluding carboxylic acids is 3. The number of H-pyrrole nitrogens is 1. The van der Waals surface area contributed by atoms with Gasteiger partial charge in [0.15, 0.2) is 5.69 Å². The number of rotatable bonds is 4. The molecule has 0 saturated carbocycles. The lowest BCUT2D eigenvalue weighted by Crippen LogP contribution is -2.45. The van der Waals surface area contributed by atoms with Crippen molar-refractivity contribution in [3.63, 3.8) is 0 Å². The van der Waals surface area contributed by atoms with Crippen molar-refractivity contribution < 1.29 is 14.4 Å². The van der Waals surface area contributed by atoms with E-state index in [4.69, 9.17) is 0 Å². The molecule has 0 spiro atoms. The summed E-state index contributed by atoms with van der Waals surface area (Å²) in [5, 5.41) is 6.76. The second-order valence-corrected chi connectivity index (χ2v) is 7.32. The fourth-order valence-corrected chi connectivity index (χ4v) is 3.64. The van der Waals surface area contributed by atoms with E-state index < -0.39 is 23.3 Å². The van der Waals surface area contributed by atoms with Gasteiger partial charge in [0.05, 0.1) is 11.3 Å². The van der Waals surface area contributed by atoms with Gasteiger partial charge in [0.1, 0.15) is 0 Å². The molecule has 9 heteroatoms. The van der Waals surface area contributed by atoms with Crippen LogP contribution in [0.2, 0.25) is 0 Å². The highest BCUT2D eigenvalue weighted by Crippen LogP contribution is 2.26. The third-order valence-electron chi connectivity index (χ3n) is 5.34. The van der Waals surface area contributed by atoms with Crippen LogP contribution in [0.3, 0.4) is 0 Å². The van der Waals surface area contributed by atoms with Crippen molar-refractivity contribution >= 4 is 34.2 Å². The van der Waals surface area contributed by atoms with Crippen LogP contribution in [0.25, 0.3) is 10.8 Å². The highest BCUT2D eigenvalue weighted by molar-refractivity contribution is 6.05. The summed E-state index contributed by atoms with van der Waals surface area (Å²) >= 11 is 0. The molecule has 3 N–H and O–H groups in total. The minimum absolute atomic E-state index is 0.0176. The number of hydrazine groups is 1. The number of hydrogen-bond donors (Lipinski definition) is 3. The topological polar surface area (TPSA) is 124 Å². The van der Waals surface area contributed by atoms with Crippen molar-refractivity contribution in [2.45, 2.75) is 19.8 Å². The number of nitrogens with one attached hydrogen (secondary N) is 3.